The summed E-state index contributed by atoms with van der Waals surface area (Å²) in [6.07, 6.45) is 2.70. The molecule has 1 N–H and O–H groups in total. The van der Waals surface area contributed by atoms with Crippen LogP contribution in [-0.2, 0) is 4.79 Å². The number of hydrogen-bond donors (Lipinski definition) is 1. The van der Waals surface area contributed by atoms with Crippen LogP contribution in [0.4, 0.5) is 4.79 Å². The normalized spacial score (nSPS) is 33.9. The number of nitrogens with zero attached hydrogens (tertiary/aromatic N) is 1. The minimum Gasteiger partial charge on any atom is -0.435 e. The Morgan fingerprint density at radius 3 is 2.42 bits per heavy atom. The molecule has 1 aliphatic carbocycles. The molecule has 0 aromatic heterocycles. The van der Waals surface area contributed by atoms with Crippen molar-refractivity contribution >= 4 is 28.9 Å². The minimum atomic E-state index is -1.05. The van der Waals surface area contributed by atoms with E-state index in [2.05, 4.69) is 0 Å². The molecule has 0 bridgehead atoms. The average molecular weight is 376 g/mol. The number of carbonyl (C=O) groups excluding carboxylic acids is 2. The van der Waals surface area contributed by atoms with Gasteiger partial charge in [0.05, 0.1) is 12.5 Å². The number of amides is 2. The lowest BCUT2D eigenvalue weighted by Gasteiger charge is -2.36. The van der Waals surface area contributed by atoms with E-state index in [4.69, 9.17) is 0 Å². The van der Waals surface area contributed by atoms with Crippen molar-refractivity contribution in [3.8, 4) is 0 Å². The predicted molar refractivity (Wildman–Crippen MR) is 101 cm³/mol. The van der Waals surface area contributed by atoms with E-state index in [9.17, 15) is 19.5 Å². The fourth-order valence-corrected chi connectivity index (χ4v) is 5.83. The van der Waals surface area contributed by atoms with Gasteiger partial charge in [0.15, 0.2) is 0 Å². The first-order valence-electron chi connectivity index (χ1n) is 9.25. The molecule has 26 heavy (non-hydrogen) atoms. The van der Waals surface area contributed by atoms with Gasteiger partial charge in [0, 0.05) is 23.2 Å². The first-order valence-corrected chi connectivity index (χ1v) is 10.1. The van der Waals surface area contributed by atoms with Crippen LogP contribution in [0.1, 0.15) is 56.3 Å². The van der Waals surface area contributed by atoms with Gasteiger partial charge < -0.3 is 5.11 Å². The minimum absolute atomic E-state index is 0.0517. The van der Waals surface area contributed by atoms with E-state index in [0.29, 0.717) is 18.5 Å². The first-order chi connectivity index (χ1) is 12.3. The first kappa shape index (κ1) is 19.1. The molecule has 4 atom stereocenters. The number of likely N-dealkylation sites (tertiary alicyclic amines) is 1. The fraction of sp³-hybridized carbons (Fsp3) is 0.550. The van der Waals surface area contributed by atoms with Gasteiger partial charge >= 0.3 is 12.0 Å². The van der Waals surface area contributed by atoms with Crippen LogP contribution in [0.25, 0.3) is 0 Å². The third kappa shape index (κ3) is 3.09. The highest BCUT2D eigenvalue weighted by molar-refractivity contribution is 8.15. The maximum absolute atomic E-state index is 13.4. The predicted octanol–water partition coefficient (Wildman–Crippen LogP) is 4.32. The second-order valence-corrected chi connectivity index (χ2v) is 9.23. The zero-order chi connectivity index (χ0) is 18.9. The van der Waals surface area contributed by atoms with Crippen molar-refractivity contribution in [3.63, 3.8) is 0 Å². The number of quaternary nitrogens is 1. The Labute approximate surface area is 158 Å². The Morgan fingerprint density at radius 1 is 1.15 bits per heavy atom. The molecule has 1 saturated carbocycles. The molecule has 3 unspecified atom stereocenters. The summed E-state index contributed by atoms with van der Waals surface area (Å²) in [6, 6.07) is 8.85. The van der Waals surface area contributed by atoms with E-state index in [1.54, 1.807) is 12.1 Å². The van der Waals surface area contributed by atoms with Gasteiger partial charge in [0.25, 0.3) is 0 Å². The van der Waals surface area contributed by atoms with Crippen molar-refractivity contribution in [1.29, 1.82) is 0 Å². The van der Waals surface area contributed by atoms with Crippen molar-refractivity contribution in [2.45, 2.75) is 56.7 Å². The van der Waals surface area contributed by atoms with Crippen molar-refractivity contribution < 1.29 is 24.0 Å². The van der Waals surface area contributed by atoms with Gasteiger partial charge in [-0.05, 0) is 26.7 Å². The number of carboxylic acid groups (broad SMARTS) is 1. The molecule has 1 aromatic rings. The van der Waals surface area contributed by atoms with Gasteiger partial charge in [-0.2, -0.15) is 9.28 Å². The molecule has 1 aromatic carbocycles. The molecule has 0 spiro atoms. The zero-order valence-corrected chi connectivity index (χ0v) is 16.1. The van der Waals surface area contributed by atoms with E-state index in [1.807, 2.05) is 32.0 Å². The molecule has 0 radical (unpaired) electrons. The summed E-state index contributed by atoms with van der Waals surface area (Å²) < 4.78 is -1.02. The fourth-order valence-electron chi connectivity index (χ4n) is 4.55. The molecule has 6 heteroatoms. The second kappa shape index (κ2) is 7.16. The summed E-state index contributed by atoms with van der Waals surface area (Å²) in [4.78, 5) is 38.2. The van der Waals surface area contributed by atoms with Crippen LogP contribution < -0.4 is 0 Å². The number of thioether (sulfide) groups is 1. The van der Waals surface area contributed by atoms with E-state index in [0.717, 1.165) is 25.7 Å². The van der Waals surface area contributed by atoms with Gasteiger partial charge in [-0.25, -0.2) is 4.79 Å². The van der Waals surface area contributed by atoms with Crippen molar-refractivity contribution in [3.05, 3.63) is 35.9 Å². The van der Waals surface area contributed by atoms with Gasteiger partial charge in [-0.15, -0.1) is 0 Å². The number of hydrogen-bond acceptors (Lipinski definition) is 4. The highest BCUT2D eigenvalue weighted by atomic mass is 32.2. The summed E-state index contributed by atoms with van der Waals surface area (Å²) in [5.41, 5.74) is 0.619. The Bertz CT molecular complexity index is 722. The van der Waals surface area contributed by atoms with Crippen molar-refractivity contribution in [2.24, 2.45) is 5.92 Å². The number of carbonyl (C=O) groups is 3. The van der Waals surface area contributed by atoms with E-state index in [-0.39, 0.29) is 17.1 Å². The highest BCUT2D eigenvalue weighted by Gasteiger charge is 2.59. The quantitative estimate of drug-likeness (QED) is 0.796. The van der Waals surface area contributed by atoms with Crippen LogP contribution in [0.15, 0.2) is 30.3 Å². The summed E-state index contributed by atoms with van der Waals surface area (Å²) in [7, 11) is 0. The van der Waals surface area contributed by atoms with Crippen LogP contribution in [0.3, 0.4) is 0 Å². The maximum Gasteiger partial charge on any atom is 0.521 e. The lowest BCUT2D eigenvalue weighted by molar-refractivity contribution is -0.794. The van der Waals surface area contributed by atoms with Crippen molar-refractivity contribution in [2.75, 3.05) is 6.54 Å². The van der Waals surface area contributed by atoms with Gasteiger partial charge in [0.2, 0.25) is 5.12 Å². The number of imide groups is 1. The summed E-state index contributed by atoms with van der Waals surface area (Å²) >= 11 is 1.21. The summed E-state index contributed by atoms with van der Waals surface area (Å²) in [6.45, 7) is 4.17. The van der Waals surface area contributed by atoms with E-state index < -0.39 is 21.2 Å². The van der Waals surface area contributed by atoms with Crippen LogP contribution in [0.5, 0.6) is 0 Å². The maximum atomic E-state index is 13.4. The Morgan fingerprint density at radius 2 is 1.85 bits per heavy atom. The standard InChI is InChI=1S/C20H25NO4S/c1-14-8-7-13-21(14,19(24)25)17(22)16-11-6-12-20(16,2)26-18(23)15-9-4-3-5-10-15/h3-5,9-10,14,16H,6-8,11-13H2,1-2H3/p+1/t14-,16?,20?,21?/m1/s1. The van der Waals surface area contributed by atoms with Crippen molar-refractivity contribution in [1.82, 2.24) is 0 Å². The monoisotopic (exact) mass is 376 g/mol. The highest BCUT2D eigenvalue weighted by Crippen LogP contribution is 2.49. The SMILES string of the molecule is C[C@@H]1CCC[N+]1(C(=O)O)C(=O)C1CCCC1(C)SC(=O)c1ccccc1. The average Bonchev–Trinajstić information content (AvgIpc) is 3.18. The smallest absolute Gasteiger partial charge is 0.435 e. The third-order valence-corrected chi connectivity index (χ3v) is 7.53. The molecular weight excluding hydrogens is 350 g/mol. The Balaban J connectivity index is 1.86. The Hall–Kier alpha value is -1.66. The molecule has 2 aliphatic rings. The van der Waals surface area contributed by atoms with Crippen LogP contribution in [-0.4, -0.2) is 44.0 Å². The lowest BCUT2D eigenvalue weighted by atomic mass is 9.94. The number of rotatable bonds is 3. The molecule has 1 saturated heterocycles. The molecule has 2 amide bonds. The molecule has 2 fully saturated rings. The zero-order valence-electron chi connectivity index (χ0n) is 15.3. The Kier molecular flexibility index (Phi) is 5.26. The van der Waals surface area contributed by atoms with Crippen LogP contribution >= 0.6 is 11.8 Å². The molecule has 1 heterocycles. The van der Waals surface area contributed by atoms with Gasteiger partial charge in [-0.1, -0.05) is 48.5 Å². The largest absolute Gasteiger partial charge is 0.521 e. The van der Waals surface area contributed by atoms with E-state index in [1.165, 1.54) is 11.8 Å². The molecule has 1 aliphatic heterocycles. The van der Waals surface area contributed by atoms with Gasteiger partial charge in [-0.3, -0.25) is 4.79 Å². The van der Waals surface area contributed by atoms with Crippen LogP contribution in [0.2, 0.25) is 0 Å². The topological polar surface area (TPSA) is 71.4 Å². The molecular formula is C20H26NO4S+. The van der Waals surface area contributed by atoms with Crippen LogP contribution in [0, 0.1) is 5.92 Å². The summed E-state index contributed by atoms with van der Waals surface area (Å²) in [5.74, 6) is -0.618. The second-order valence-electron chi connectivity index (χ2n) is 7.72. The third-order valence-electron chi connectivity index (χ3n) is 6.16. The van der Waals surface area contributed by atoms with E-state index >= 15 is 0 Å². The summed E-state index contributed by atoms with van der Waals surface area (Å²) in [5, 5.41) is 9.82. The molecule has 3 rings (SSSR count). The lowest BCUT2D eigenvalue weighted by Crippen LogP contribution is -2.62. The molecule has 140 valence electrons. The number of benzene rings is 1. The van der Waals surface area contributed by atoms with Gasteiger partial charge in [0.1, 0.15) is 6.04 Å². The molecule has 5 nitrogen and oxygen atoms in total.